The topological polar surface area (TPSA) is 63.6 Å². The van der Waals surface area contributed by atoms with Crippen molar-refractivity contribution in [2.75, 3.05) is 7.11 Å². The number of benzene rings is 1. The van der Waals surface area contributed by atoms with Gasteiger partial charge in [-0.1, -0.05) is 15.9 Å². The third-order valence-corrected chi connectivity index (χ3v) is 3.23. The summed E-state index contributed by atoms with van der Waals surface area (Å²) in [5.41, 5.74) is 4.53. The number of nitrogens with zero attached hydrogens (tertiary/aromatic N) is 2. The molecule has 1 aromatic heterocycles. The van der Waals surface area contributed by atoms with E-state index in [1.165, 1.54) is 12.4 Å². The highest BCUT2D eigenvalue weighted by atomic mass is 79.9. The van der Waals surface area contributed by atoms with Gasteiger partial charge in [-0.25, -0.2) is 5.43 Å². The Bertz CT molecular complexity index is 669. The maximum atomic E-state index is 11.9. The lowest BCUT2D eigenvalue weighted by Gasteiger charge is -2.04. The molecule has 0 aliphatic rings. The van der Waals surface area contributed by atoms with E-state index in [2.05, 4.69) is 31.4 Å². The van der Waals surface area contributed by atoms with Crippen molar-refractivity contribution >= 4 is 28.1 Å². The first-order valence-electron chi connectivity index (χ1n) is 6.20. The second kappa shape index (κ2) is 6.99. The summed E-state index contributed by atoms with van der Waals surface area (Å²) >= 11 is 3.38. The van der Waals surface area contributed by atoms with Gasteiger partial charge in [-0.2, -0.15) is 5.10 Å². The fourth-order valence-electron chi connectivity index (χ4n) is 1.63. The smallest absolute Gasteiger partial charge is 0.272 e. The number of hydrazone groups is 1. The Kier molecular flexibility index (Phi) is 5.05. The van der Waals surface area contributed by atoms with Crippen molar-refractivity contribution in [3.05, 3.63) is 57.8 Å². The lowest BCUT2D eigenvalue weighted by molar-refractivity contribution is 0.0955. The first-order chi connectivity index (χ1) is 10.1. The molecular weight excluding hydrogens is 334 g/mol. The minimum absolute atomic E-state index is 0.312. The van der Waals surface area contributed by atoms with Crippen LogP contribution in [0.15, 0.2) is 46.1 Å². The Morgan fingerprint density at radius 3 is 2.86 bits per heavy atom. The average molecular weight is 348 g/mol. The number of carbonyl (C=O) groups is 1. The second-order valence-corrected chi connectivity index (χ2v) is 5.19. The molecule has 0 bridgehead atoms. The molecule has 0 spiro atoms. The molecule has 0 saturated heterocycles. The SMILES string of the molecule is COc1ccc(Br)cc1/C=N\NC(=O)c1ccc(C)nc1. The van der Waals surface area contributed by atoms with E-state index < -0.39 is 0 Å². The summed E-state index contributed by atoms with van der Waals surface area (Å²) < 4.78 is 6.12. The van der Waals surface area contributed by atoms with Gasteiger partial charge in [0.05, 0.1) is 18.9 Å². The molecule has 1 amide bonds. The average Bonchev–Trinajstić information content (AvgIpc) is 2.48. The van der Waals surface area contributed by atoms with Crippen LogP contribution in [0.4, 0.5) is 0 Å². The summed E-state index contributed by atoms with van der Waals surface area (Å²) in [5, 5.41) is 3.94. The van der Waals surface area contributed by atoms with Gasteiger partial charge in [0.25, 0.3) is 5.91 Å². The Morgan fingerprint density at radius 1 is 1.38 bits per heavy atom. The molecular formula is C15H14BrN3O2. The molecule has 2 rings (SSSR count). The fraction of sp³-hybridized carbons (Fsp3) is 0.133. The van der Waals surface area contributed by atoms with Gasteiger partial charge in [0.2, 0.25) is 0 Å². The molecule has 1 aromatic carbocycles. The van der Waals surface area contributed by atoms with E-state index in [0.717, 1.165) is 15.7 Å². The van der Waals surface area contributed by atoms with E-state index >= 15 is 0 Å². The van der Waals surface area contributed by atoms with Gasteiger partial charge in [-0.05, 0) is 37.3 Å². The van der Waals surface area contributed by atoms with Crippen molar-refractivity contribution in [2.24, 2.45) is 5.10 Å². The van der Waals surface area contributed by atoms with Crippen molar-refractivity contribution in [3.8, 4) is 5.75 Å². The maximum absolute atomic E-state index is 11.9. The molecule has 0 atom stereocenters. The zero-order valence-electron chi connectivity index (χ0n) is 11.6. The van der Waals surface area contributed by atoms with E-state index in [1.807, 2.05) is 25.1 Å². The Morgan fingerprint density at radius 2 is 2.19 bits per heavy atom. The lowest BCUT2D eigenvalue weighted by atomic mass is 10.2. The number of hydrogen-bond donors (Lipinski definition) is 1. The minimum atomic E-state index is -0.312. The summed E-state index contributed by atoms with van der Waals surface area (Å²) in [7, 11) is 1.58. The van der Waals surface area contributed by atoms with E-state index in [0.29, 0.717) is 11.3 Å². The first kappa shape index (κ1) is 15.2. The zero-order valence-corrected chi connectivity index (χ0v) is 13.2. The van der Waals surface area contributed by atoms with Crippen LogP contribution < -0.4 is 10.2 Å². The van der Waals surface area contributed by atoms with E-state index in [-0.39, 0.29) is 5.91 Å². The third kappa shape index (κ3) is 4.13. The molecule has 6 heteroatoms. The van der Waals surface area contributed by atoms with E-state index in [9.17, 15) is 4.79 Å². The summed E-state index contributed by atoms with van der Waals surface area (Å²) in [5.74, 6) is 0.362. The van der Waals surface area contributed by atoms with Gasteiger partial charge >= 0.3 is 0 Å². The van der Waals surface area contributed by atoms with E-state index in [1.54, 1.807) is 19.2 Å². The number of ether oxygens (including phenoxy) is 1. The number of pyridine rings is 1. The highest BCUT2D eigenvalue weighted by molar-refractivity contribution is 9.10. The summed E-state index contributed by atoms with van der Waals surface area (Å²) in [6, 6.07) is 9.01. The number of methoxy groups -OCH3 is 1. The van der Waals surface area contributed by atoms with Crippen LogP contribution in [-0.2, 0) is 0 Å². The number of aryl methyl sites for hydroxylation is 1. The molecule has 0 aliphatic carbocycles. The predicted octanol–water partition coefficient (Wildman–Crippen LogP) is 2.93. The Hall–Kier alpha value is -2.21. The molecule has 0 unspecified atom stereocenters. The molecule has 0 aliphatic heterocycles. The Balaban J connectivity index is 2.07. The molecule has 1 heterocycles. The molecule has 1 N–H and O–H groups in total. The van der Waals surface area contributed by atoms with Gasteiger partial charge < -0.3 is 4.74 Å². The first-order valence-corrected chi connectivity index (χ1v) is 6.99. The summed E-state index contributed by atoms with van der Waals surface area (Å²) in [4.78, 5) is 15.9. The molecule has 2 aromatic rings. The maximum Gasteiger partial charge on any atom is 0.272 e. The molecule has 0 saturated carbocycles. The van der Waals surface area contributed by atoms with Crippen molar-refractivity contribution in [1.82, 2.24) is 10.4 Å². The Labute approximate surface area is 131 Å². The van der Waals surface area contributed by atoms with Crippen molar-refractivity contribution in [3.63, 3.8) is 0 Å². The highest BCUT2D eigenvalue weighted by Gasteiger charge is 2.04. The number of amides is 1. The van der Waals surface area contributed by atoms with Crippen LogP contribution in [0.1, 0.15) is 21.6 Å². The van der Waals surface area contributed by atoms with Gasteiger partial charge in [-0.15, -0.1) is 0 Å². The van der Waals surface area contributed by atoms with Crippen LogP contribution in [0.2, 0.25) is 0 Å². The zero-order chi connectivity index (χ0) is 15.2. The van der Waals surface area contributed by atoms with Crippen LogP contribution >= 0.6 is 15.9 Å². The van der Waals surface area contributed by atoms with Crippen molar-refractivity contribution in [2.45, 2.75) is 6.92 Å². The number of rotatable bonds is 4. The number of carbonyl (C=O) groups excluding carboxylic acids is 1. The monoisotopic (exact) mass is 347 g/mol. The van der Waals surface area contributed by atoms with Crippen LogP contribution in [0.5, 0.6) is 5.75 Å². The summed E-state index contributed by atoms with van der Waals surface area (Å²) in [6.07, 6.45) is 3.04. The van der Waals surface area contributed by atoms with Crippen LogP contribution in [0, 0.1) is 6.92 Å². The fourth-order valence-corrected chi connectivity index (χ4v) is 2.01. The largest absolute Gasteiger partial charge is 0.496 e. The van der Waals surface area contributed by atoms with Gasteiger partial charge in [0, 0.05) is 21.9 Å². The number of aromatic nitrogens is 1. The van der Waals surface area contributed by atoms with E-state index in [4.69, 9.17) is 4.74 Å². The van der Waals surface area contributed by atoms with Crippen LogP contribution in [0.25, 0.3) is 0 Å². The van der Waals surface area contributed by atoms with Crippen molar-refractivity contribution in [1.29, 1.82) is 0 Å². The normalized spacial score (nSPS) is 10.6. The number of hydrogen-bond acceptors (Lipinski definition) is 4. The highest BCUT2D eigenvalue weighted by Crippen LogP contribution is 2.21. The number of halogens is 1. The molecule has 108 valence electrons. The van der Waals surface area contributed by atoms with Gasteiger partial charge in [0.1, 0.15) is 5.75 Å². The molecule has 21 heavy (non-hydrogen) atoms. The summed E-state index contributed by atoms with van der Waals surface area (Å²) in [6.45, 7) is 1.86. The number of nitrogens with one attached hydrogen (secondary N) is 1. The third-order valence-electron chi connectivity index (χ3n) is 2.74. The predicted molar refractivity (Wildman–Crippen MR) is 84.7 cm³/mol. The van der Waals surface area contributed by atoms with Crippen molar-refractivity contribution < 1.29 is 9.53 Å². The van der Waals surface area contributed by atoms with Crippen LogP contribution in [0.3, 0.4) is 0 Å². The second-order valence-electron chi connectivity index (χ2n) is 4.27. The van der Waals surface area contributed by atoms with Crippen LogP contribution in [-0.4, -0.2) is 24.2 Å². The molecule has 5 nitrogen and oxygen atoms in total. The quantitative estimate of drug-likeness (QED) is 0.683. The lowest BCUT2D eigenvalue weighted by Crippen LogP contribution is -2.17. The van der Waals surface area contributed by atoms with Gasteiger partial charge in [0.15, 0.2) is 0 Å². The molecule has 0 radical (unpaired) electrons. The standard InChI is InChI=1S/C15H14BrN3O2/c1-10-3-4-11(8-17-10)15(20)19-18-9-12-7-13(16)5-6-14(12)21-2/h3-9H,1-2H3,(H,19,20)/b18-9-. The minimum Gasteiger partial charge on any atom is -0.496 e. The molecule has 0 fully saturated rings. The van der Waals surface area contributed by atoms with Gasteiger partial charge in [-0.3, -0.25) is 9.78 Å².